The Kier molecular flexibility index (Phi) is 61.6. The van der Waals surface area contributed by atoms with Gasteiger partial charge in [0.25, 0.3) is 0 Å². The fourth-order valence-electron chi connectivity index (χ4n) is 10.5. The Hall–Kier alpha value is -2.46. The molecule has 0 heterocycles. The number of carbonyl (C=O) groups excluding carboxylic acids is 4. The molecule has 0 saturated carbocycles. The second kappa shape index (κ2) is 63.3. The van der Waals surface area contributed by atoms with E-state index >= 15 is 0 Å². The smallest absolute Gasteiger partial charge is 0.462 e. The lowest BCUT2D eigenvalue weighted by Crippen LogP contribution is -2.30. The average molecular weight is 1350 g/mol. The minimum Gasteiger partial charge on any atom is -0.462 e. The number of phosphoric acid groups is 2. The fourth-order valence-corrected chi connectivity index (χ4v) is 12.0. The largest absolute Gasteiger partial charge is 0.472 e. The standard InChI is InChI=1S/C73H138O17P2/c1-8-11-12-13-14-15-16-17-18-23-26-29-32-42-49-56-72(77)89-68(61-84-71(76)55-48-41-35-33-38-45-52-65(6)9-2)62-87-91(79,80)85-58-67(74)59-86-92(81,82)88-63-69(90-73(78)57-50-43-36-34-39-46-53-66(7)10-3)60-83-70(75)54-47-40-31-28-25-22-20-19-21-24-27-30-37-44-51-64(4)5/h15-18,64-69,74H,8-14,19-63H2,1-7H3,(H,79,80)(H,81,82)/b16-15-,18-17-/t65?,66?,67-,68+,69+/m0/s1. The molecule has 0 amide bonds. The molecule has 0 aromatic carbocycles. The second-order valence-corrected chi connectivity index (χ2v) is 29.5. The third kappa shape index (κ3) is 63.6. The lowest BCUT2D eigenvalue weighted by molar-refractivity contribution is -0.161. The number of rotatable bonds is 69. The summed E-state index contributed by atoms with van der Waals surface area (Å²) in [5.41, 5.74) is 0. The molecule has 0 aromatic rings. The van der Waals surface area contributed by atoms with E-state index in [1.165, 1.54) is 135 Å². The number of phosphoric ester groups is 2. The number of esters is 4. The Morgan fingerprint density at radius 2 is 0.641 bits per heavy atom. The predicted octanol–water partition coefficient (Wildman–Crippen LogP) is 20.6. The van der Waals surface area contributed by atoms with Crippen LogP contribution in [0.15, 0.2) is 24.3 Å². The van der Waals surface area contributed by atoms with E-state index in [9.17, 15) is 43.2 Å². The van der Waals surface area contributed by atoms with Gasteiger partial charge in [-0.05, 0) is 69.1 Å². The molecule has 542 valence electrons. The number of aliphatic hydroxyl groups is 1. The number of carbonyl (C=O) groups is 4. The summed E-state index contributed by atoms with van der Waals surface area (Å²) >= 11 is 0. The quantitative estimate of drug-likeness (QED) is 0.0169. The van der Waals surface area contributed by atoms with Crippen molar-refractivity contribution in [1.29, 1.82) is 0 Å². The average Bonchev–Trinajstić information content (AvgIpc) is 2.27. The van der Waals surface area contributed by atoms with E-state index in [0.717, 1.165) is 127 Å². The van der Waals surface area contributed by atoms with Gasteiger partial charge < -0.3 is 33.8 Å². The maximum absolute atomic E-state index is 13.0. The zero-order chi connectivity index (χ0) is 68.0. The Balaban J connectivity index is 5.25. The van der Waals surface area contributed by atoms with Crippen LogP contribution < -0.4 is 0 Å². The summed E-state index contributed by atoms with van der Waals surface area (Å²) in [4.78, 5) is 72.6. The van der Waals surface area contributed by atoms with Crippen molar-refractivity contribution in [3.8, 4) is 0 Å². The first kappa shape index (κ1) is 89.5. The van der Waals surface area contributed by atoms with Crippen LogP contribution in [-0.2, 0) is 65.4 Å². The molecule has 0 aliphatic heterocycles. The highest BCUT2D eigenvalue weighted by molar-refractivity contribution is 7.47. The molecule has 0 aliphatic rings. The molecule has 0 aliphatic carbocycles. The number of unbranched alkanes of at least 4 members (excludes halogenated alkanes) is 32. The number of ether oxygens (including phenoxy) is 4. The molecule has 0 spiro atoms. The highest BCUT2D eigenvalue weighted by atomic mass is 31.2. The lowest BCUT2D eigenvalue weighted by atomic mass is 10.00. The third-order valence-electron chi connectivity index (χ3n) is 17.0. The summed E-state index contributed by atoms with van der Waals surface area (Å²) in [7, 11) is -9.92. The van der Waals surface area contributed by atoms with Crippen molar-refractivity contribution in [2.45, 2.75) is 362 Å². The lowest BCUT2D eigenvalue weighted by Gasteiger charge is -2.21. The molecule has 0 fully saturated rings. The van der Waals surface area contributed by atoms with Gasteiger partial charge in [0.1, 0.15) is 19.3 Å². The minimum atomic E-state index is -4.96. The number of hydrogen-bond donors (Lipinski definition) is 3. The zero-order valence-electron chi connectivity index (χ0n) is 59.5. The van der Waals surface area contributed by atoms with E-state index in [-0.39, 0.29) is 25.7 Å². The summed E-state index contributed by atoms with van der Waals surface area (Å²) in [6.45, 7) is 11.7. The topological polar surface area (TPSA) is 237 Å². The molecule has 3 N–H and O–H groups in total. The van der Waals surface area contributed by atoms with E-state index in [0.29, 0.717) is 25.7 Å². The Morgan fingerprint density at radius 1 is 0.359 bits per heavy atom. The normalized spacial score (nSPS) is 14.9. The molecule has 0 aromatic heterocycles. The molecule has 7 atom stereocenters. The summed E-state index contributed by atoms with van der Waals surface area (Å²) in [5, 5.41) is 10.6. The van der Waals surface area contributed by atoms with Gasteiger partial charge in [0.15, 0.2) is 12.2 Å². The first-order valence-corrected chi connectivity index (χ1v) is 40.2. The SMILES string of the molecule is CCCCCC/C=C\C=C/CCCCCCCC(=O)O[C@H](COC(=O)CCCCCCCCC(C)CC)COP(=O)(O)OC[C@H](O)COP(=O)(O)OC[C@@H](COC(=O)CCCCCCCCCCCCCCCCC(C)C)OC(=O)CCCCCCCCC(C)CC. The molecular weight excluding hydrogens is 1210 g/mol. The fraction of sp³-hybridized carbons (Fsp3) is 0.890. The van der Waals surface area contributed by atoms with Gasteiger partial charge in [-0.3, -0.25) is 37.3 Å². The van der Waals surface area contributed by atoms with Crippen LogP contribution in [0.5, 0.6) is 0 Å². The number of allylic oxidation sites excluding steroid dienone is 4. The number of aliphatic hydroxyl groups excluding tert-OH is 1. The molecule has 0 bridgehead atoms. The van der Waals surface area contributed by atoms with E-state index in [4.69, 9.17) is 37.0 Å². The van der Waals surface area contributed by atoms with Crippen LogP contribution in [0.4, 0.5) is 0 Å². The molecule has 17 nitrogen and oxygen atoms in total. The maximum atomic E-state index is 13.0. The van der Waals surface area contributed by atoms with Crippen LogP contribution in [0.1, 0.15) is 344 Å². The predicted molar refractivity (Wildman–Crippen MR) is 372 cm³/mol. The van der Waals surface area contributed by atoms with E-state index < -0.39 is 97.5 Å². The molecule has 92 heavy (non-hydrogen) atoms. The van der Waals surface area contributed by atoms with Crippen LogP contribution >= 0.6 is 15.6 Å². The maximum Gasteiger partial charge on any atom is 0.472 e. The monoisotopic (exact) mass is 1350 g/mol. The Morgan fingerprint density at radius 3 is 0.967 bits per heavy atom. The van der Waals surface area contributed by atoms with E-state index in [2.05, 4.69) is 72.8 Å². The van der Waals surface area contributed by atoms with Gasteiger partial charge >= 0.3 is 39.5 Å². The van der Waals surface area contributed by atoms with Crippen LogP contribution in [0.2, 0.25) is 0 Å². The Labute approximate surface area is 561 Å². The molecule has 0 rings (SSSR count). The van der Waals surface area contributed by atoms with Crippen molar-refractivity contribution in [1.82, 2.24) is 0 Å². The minimum absolute atomic E-state index is 0.0836. The first-order chi connectivity index (χ1) is 44.3. The van der Waals surface area contributed by atoms with Crippen molar-refractivity contribution in [2.75, 3.05) is 39.6 Å². The molecular formula is C73H138O17P2. The van der Waals surface area contributed by atoms with Gasteiger partial charge in [0.05, 0.1) is 26.4 Å². The van der Waals surface area contributed by atoms with Crippen LogP contribution in [0.3, 0.4) is 0 Å². The van der Waals surface area contributed by atoms with Crippen molar-refractivity contribution < 1.29 is 80.2 Å². The summed E-state index contributed by atoms with van der Waals surface area (Å²) in [6.07, 6.45) is 50.9. The first-order valence-electron chi connectivity index (χ1n) is 37.2. The van der Waals surface area contributed by atoms with Crippen molar-refractivity contribution >= 4 is 39.5 Å². The zero-order valence-corrected chi connectivity index (χ0v) is 61.3. The molecule has 0 saturated heterocycles. The highest BCUT2D eigenvalue weighted by Crippen LogP contribution is 2.45. The van der Waals surface area contributed by atoms with Crippen LogP contribution in [0, 0.1) is 17.8 Å². The van der Waals surface area contributed by atoms with E-state index in [1.807, 2.05) is 0 Å². The Bertz CT molecular complexity index is 1900. The van der Waals surface area contributed by atoms with Crippen molar-refractivity contribution in [3.63, 3.8) is 0 Å². The van der Waals surface area contributed by atoms with Gasteiger partial charge in [-0.2, -0.15) is 0 Å². The second-order valence-electron chi connectivity index (χ2n) is 26.6. The third-order valence-corrected chi connectivity index (χ3v) is 18.9. The molecule has 0 radical (unpaired) electrons. The van der Waals surface area contributed by atoms with Crippen LogP contribution in [-0.4, -0.2) is 96.7 Å². The van der Waals surface area contributed by atoms with E-state index in [1.54, 1.807) is 0 Å². The van der Waals surface area contributed by atoms with Gasteiger partial charge in [-0.15, -0.1) is 0 Å². The summed E-state index contributed by atoms with van der Waals surface area (Å²) in [5.74, 6) is 0.0864. The van der Waals surface area contributed by atoms with Crippen LogP contribution in [0.25, 0.3) is 0 Å². The van der Waals surface area contributed by atoms with Crippen molar-refractivity contribution in [3.05, 3.63) is 24.3 Å². The summed E-state index contributed by atoms with van der Waals surface area (Å²) in [6, 6.07) is 0. The highest BCUT2D eigenvalue weighted by Gasteiger charge is 2.30. The van der Waals surface area contributed by atoms with Crippen molar-refractivity contribution in [2.24, 2.45) is 17.8 Å². The summed E-state index contributed by atoms with van der Waals surface area (Å²) < 4.78 is 68.3. The van der Waals surface area contributed by atoms with Gasteiger partial charge in [-0.25, -0.2) is 9.13 Å². The number of hydrogen-bond acceptors (Lipinski definition) is 15. The van der Waals surface area contributed by atoms with Gasteiger partial charge in [0, 0.05) is 25.7 Å². The van der Waals surface area contributed by atoms with Gasteiger partial charge in [0.2, 0.25) is 0 Å². The molecule has 19 heteroatoms. The molecule has 4 unspecified atom stereocenters. The van der Waals surface area contributed by atoms with Gasteiger partial charge in [-0.1, -0.05) is 291 Å².